The second kappa shape index (κ2) is 12.9. The summed E-state index contributed by atoms with van der Waals surface area (Å²) >= 11 is 0. The summed E-state index contributed by atoms with van der Waals surface area (Å²) in [6.07, 6.45) is -2.16. The number of ether oxygens (including phenoxy) is 2. The van der Waals surface area contributed by atoms with Crippen LogP contribution in [0.4, 0.5) is 5.69 Å². The fourth-order valence-corrected chi connectivity index (χ4v) is 7.27. The predicted octanol–water partition coefficient (Wildman–Crippen LogP) is 3.53. The molecule has 0 aliphatic heterocycles. The fourth-order valence-electron chi connectivity index (χ4n) is 7.27. The van der Waals surface area contributed by atoms with Gasteiger partial charge in [0.05, 0.1) is 42.1 Å². The van der Waals surface area contributed by atoms with Crippen molar-refractivity contribution in [2.75, 3.05) is 12.8 Å². The predicted molar refractivity (Wildman–Crippen MR) is 174 cm³/mol. The Labute approximate surface area is 278 Å². The standard InChI is InChI=1S/C35H38N2O9.ClH/c1-16-10-20(12-23(30(16)39)37-15-18-6-4-7-19(36)11-18)46-25-14-35(44,17(2)38)13-22-27(25)34(43)29-28(32(22)41)31(40)21-8-5-9-24(45-3)26(21)33(29)42;/h4-9,11,16,20,23,25,30,37,39,41,43-44H,10,12-15,36H2,1-3H3;1H/t16?,20?,23?,25-,30?,35-;/m0./s1. The van der Waals surface area contributed by atoms with E-state index < -0.39 is 58.3 Å². The Bertz CT molecular complexity index is 1760. The van der Waals surface area contributed by atoms with Gasteiger partial charge in [-0.25, -0.2) is 0 Å². The molecule has 6 atom stereocenters. The van der Waals surface area contributed by atoms with E-state index in [4.69, 9.17) is 15.2 Å². The first-order valence-electron chi connectivity index (χ1n) is 15.4. The van der Waals surface area contributed by atoms with Crippen LogP contribution in [0.15, 0.2) is 42.5 Å². The lowest BCUT2D eigenvalue weighted by atomic mass is 9.72. The highest BCUT2D eigenvalue weighted by molar-refractivity contribution is 6.31. The highest BCUT2D eigenvalue weighted by Crippen LogP contribution is 2.52. The van der Waals surface area contributed by atoms with E-state index in [0.29, 0.717) is 25.1 Å². The van der Waals surface area contributed by atoms with Crippen LogP contribution < -0.4 is 15.8 Å². The average Bonchev–Trinajstić information content (AvgIpc) is 3.01. The zero-order chi connectivity index (χ0) is 33.1. The van der Waals surface area contributed by atoms with Crippen LogP contribution in [0.3, 0.4) is 0 Å². The number of ketones is 3. The second-order valence-electron chi connectivity index (χ2n) is 12.8. The van der Waals surface area contributed by atoms with E-state index in [9.17, 15) is 34.8 Å². The molecule has 0 saturated heterocycles. The number of phenols is 2. The number of aliphatic hydroxyl groups excluding tert-OH is 1. The molecule has 47 heavy (non-hydrogen) atoms. The molecule has 3 aliphatic rings. The number of rotatable bonds is 7. The van der Waals surface area contributed by atoms with Gasteiger partial charge in [0.15, 0.2) is 11.6 Å². The number of carbonyl (C=O) groups is 3. The number of nitrogen functional groups attached to an aromatic ring is 1. The molecule has 4 unspecified atom stereocenters. The van der Waals surface area contributed by atoms with Crippen LogP contribution in [0.1, 0.15) is 87.7 Å². The van der Waals surface area contributed by atoms with Crippen LogP contribution in [0.2, 0.25) is 0 Å². The normalized spacial score (nSPS) is 26.4. The van der Waals surface area contributed by atoms with Crippen LogP contribution in [0, 0.1) is 5.92 Å². The van der Waals surface area contributed by atoms with Crippen LogP contribution >= 0.6 is 12.4 Å². The fraction of sp³-hybridized carbons (Fsp3) is 0.400. The minimum Gasteiger partial charge on any atom is -0.507 e. The maximum atomic E-state index is 13.9. The van der Waals surface area contributed by atoms with Crippen molar-refractivity contribution in [2.24, 2.45) is 5.92 Å². The van der Waals surface area contributed by atoms with Crippen molar-refractivity contribution in [2.45, 2.75) is 76.0 Å². The number of nitrogens with two attached hydrogens (primary N) is 1. The van der Waals surface area contributed by atoms with Crippen molar-refractivity contribution < 1.29 is 44.3 Å². The Morgan fingerprint density at radius 3 is 2.43 bits per heavy atom. The van der Waals surface area contributed by atoms with Crippen LogP contribution in [0.25, 0.3) is 0 Å². The van der Waals surface area contributed by atoms with Crippen LogP contribution in [0.5, 0.6) is 17.2 Å². The van der Waals surface area contributed by atoms with Gasteiger partial charge in [-0.1, -0.05) is 31.2 Å². The Morgan fingerprint density at radius 2 is 1.74 bits per heavy atom. The van der Waals surface area contributed by atoms with Gasteiger partial charge in [-0.3, -0.25) is 14.4 Å². The molecule has 3 aliphatic carbocycles. The smallest absolute Gasteiger partial charge is 0.202 e. The van der Waals surface area contributed by atoms with E-state index in [2.05, 4.69) is 5.32 Å². The third-order valence-electron chi connectivity index (χ3n) is 9.75. The molecule has 0 aromatic heterocycles. The molecule has 3 aromatic rings. The van der Waals surface area contributed by atoms with Crippen molar-refractivity contribution >= 4 is 35.4 Å². The maximum Gasteiger partial charge on any atom is 0.202 e. The summed E-state index contributed by atoms with van der Waals surface area (Å²) in [5, 5.41) is 49.2. The quantitative estimate of drug-likeness (QED) is 0.125. The number of aliphatic hydroxyl groups is 2. The number of hydrogen-bond acceptors (Lipinski definition) is 11. The lowest BCUT2D eigenvalue weighted by Crippen LogP contribution is -2.51. The molecule has 11 nitrogen and oxygen atoms in total. The number of methoxy groups -OCH3 is 1. The largest absolute Gasteiger partial charge is 0.507 e. The highest BCUT2D eigenvalue weighted by Gasteiger charge is 2.49. The van der Waals surface area contributed by atoms with Crippen molar-refractivity contribution in [1.29, 1.82) is 0 Å². The highest BCUT2D eigenvalue weighted by atomic mass is 35.5. The van der Waals surface area contributed by atoms with Gasteiger partial charge in [0.2, 0.25) is 5.78 Å². The molecule has 7 N–H and O–H groups in total. The maximum absolute atomic E-state index is 13.9. The van der Waals surface area contributed by atoms with Gasteiger partial charge in [-0.15, -0.1) is 12.4 Å². The Balaban J connectivity index is 0.00000433. The van der Waals surface area contributed by atoms with Gasteiger partial charge in [-0.05, 0) is 49.4 Å². The second-order valence-corrected chi connectivity index (χ2v) is 12.8. The summed E-state index contributed by atoms with van der Waals surface area (Å²) in [5.74, 6) is -3.16. The number of benzene rings is 3. The number of nitrogens with one attached hydrogen (secondary N) is 1. The molecule has 0 spiro atoms. The summed E-state index contributed by atoms with van der Waals surface area (Å²) < 4.78 is 11.9. The van der Waals surface area contributed by atoms with E-state index in [1.54, 1.807) is 12.1 Å². The van der Waals surface area contributed by atoms with Gasteiger partial charge in [0.25, 0.3) is 0 Å². The number of hydrogen-bond donors (Lipinski definition) is 6. The molecule has 1 fully saturated rings. The minimum absolute atomic E-state index is 0. The molecule has 6 rings (SSSR count). The Hall–Kier alpha value is -4.00. The molecule has 0 amide bonds. The van der Waals surface area contributed by atoms with Crippen LogP contribution in [-0.2, 0) is 22.5 Å². The number of aromatic hydroxyl groups is 2. The first-order chi connectivity index (χ1) is 21.8. The number of Topliss-reactive ketones (excluding diaryl/α,β-unsaturated/α-hetero) is 1. The Morgan fingerprint density at radius 1 is 1.04 bits per heavy atom. The van der Waals surface area contributed by atoms with E-state index >= 15 is 0 Å². The van der Waals surface area contributed by atoms with Crippen LogP contribution in [-0.4, -0.2) is 68.7 Å². The van der Waals surface area contributed by atoms with E-state index in [0.717, 1.165) is 5.56 Å². The van der Waals surface area contributed by atoms with Gasteiger partial charge >= 0.3 is 0 Å². The molecule has 12 heteroatoms. The average molecular weight is 667 g/mol. The number of phenolic OH excluding ortho intramolecular Hbond substituents is 2. The lowest BCUT2D eigenvalue weighted by Gasteiger charge is -2.43. The van der Waals surface area contributed by atoms with E-state index in [1.807, 2.05) is 25.1 Å². The zero-order valence-corrected chi connectivity index (χ0v) is 27.1. The van der Waals surface area contributed by atoms with Crippen molar-refractivity contribution in [3.05, 3.63) is 81.4 Å². The third-order valence-corrected chi connectivity index (χ3v) is 9.75. The number of anilines is 1. The Kier molecular flexibility index (Phi) is 9.42. The molecule has 0 bridgehead atoms. The summed E-state index contributed by atoms with van der Waals surface area (Å²) in [4.78, 5) is 40.3. The summed E-state index contributed by atoms with van der Waals surface area (Å²) in [7, 11) is 1.36. The van der Waals surface area contributed by atoms with E-state index in [1.165, 1.54) is 26.2 Å². The summed E-state index contributed by atoms with van der Waals surface area (Å²) in [5.41, 5.74) is 4.73. The SMILES string of the molecule is COc1cccc2c1C(=O)c1c(O)c3c(c(O)c1C2=O)C[C@@](O)(C(C)=O)C[C@@H]3OC1CC(C)C(O)C(NCc2cccc(N)c2)C1.Cl. The van der Waals surface area contributed by atoms with Crippen molar-refractivity contribution in [3.63, 3.8) is 0 Å². The van der Waals surface area contributed by atoms with Crippen molar-refractivity contribution in [3.8, 4) is 17.2 Å². The van der Waals surface area contributed by atoms with Gasteiger partial charge in [0.1, 0.15) is 22.8 Å². The first-order valence-corrected chi connectivity index (χ1v) is 15.4. The number of fused-ring (bicyclic) bond motifs is 3. The topological polar surface area (TPSA) is 189 Å². The molecule has 0 radical (unpaired) electrons. The molecular formula is C35H39ClN2O9. The minimum atomic E-state index is -1.97. The zero-order valence-electron chi connectivity index (χ0n) is 26.3. The molecule has 0 heterocycles. The monoisotopic (exact) mass is 666 g/mol. The third kappa shape index (κ3) is 5.87. The molecule has 3 aromatic carbocycles. The lowest BCUT2D eigenvalue weighted by molar-refractivity contribution is -0.147. The molecule has 250 valence electrons. The van der Waals surface area contributed by atoms with Crippen molar-refractivity contribution in [1.82, 2.24) is 5.32 Å². The summed E-state index contributed by atoms with van der Waals surface area (Å²) in [6, 6.07) is 11.5. The molecule has 1 saturated carbocycles. The summed E-state index contributed by atoms with van der Waals surface area (Å²) in [6.45, 7) is 3.57. The number of carbonyl (C=O) groups excluding carboxylic acids is 3. The van der Waals surface area contributed by atoms with E-state index in [-0.39, 0.29) is 70.8 Å². The van der Waals surface area contributed by atoms with Gasteiger partial charge in [-0.2, -0.15) is 0 Å². The van der Waals surface area contributed by atoms with Gasteiger partial charge in [0, 0.05) is 47.8 Å². The first kappa shape index (κ1) is 34.3. The molecular weight excluding hydrogens is 628 g/mol. The van der Waals surface area contributed by atoms with Gasteiger partial charge < -0.3 is 41.0 Å². The number of halogens is 1.